The second-order valence-electron chi connectivity index (χ2n) is 3.78. The van der Waals surface area contributed by atoms with Crippen molar-refractivity contribution >= 4 is 34.0 Å². The second-order valence-corrected chi connectivity index (χ2v) is 4.78. The molecule has 1 saturated heterocycles. The van der Waals surface area contributed by atoms with Gasteiger partial charge in [-0.2, -0.15) is 0 Å². The van der Waals surface area contributed by atoms with Crippen LogP contribution in [0.2, 0.25) is 0 Å². The molecule has 0 unspecified atom stereocenters. The Hall–Kier alpha value is -0.840. The van der Waals surface area contributed by atoms with E-state index in [1.165, 1.54) is 4.70 Å². The van der Waals surface area contributed by atoms with E-state index in [2.05, 4.69) is 16.4 Å². The number of aromatic nitrogens is 1. The third kappa shape index (κ3) is 2.29. The molecule has 0 radical (unpaired) electrons. The van der Waals surface area contributed by atoms with Gasteiger partial charge in [0.25, 0.3) is 5.19 Å². The van der Waals surface area contributed by atoms with Crippen LogP contribution in [0.3, 0.4) is 0 Å². The van der Waals surface area contributed by atoms with Crippen LogP contribution in [-0.2, 0) is 0 Å². The standard InChI is InChI=1S/C11H12N2OS.ClH/c1-2-4-10-9(3-1)13-11(15-10)14-7-8-5-12-6-8;/h1-4,8,12H,5-7H2;1H. The number of hydrogen-bond acceptors (Lipinski definition) is 4. The summed E-state index contributed by atoms with van der Waals surface area (Å²) >= 11 is 1.62. The Kier molecular flexibility index (Phi) is 3.63. The number of fused-ring (bicyclic) bond motifs is 1. The molecule has 1 aromatic heterocycles. The van der Waals surface area contributed by atoms with Crippen LogP contribution in [0.15, 0.2) is 24.3 Å². The molecule has 0 saturated carbocycles. The van der Waals surface area contributed by atoms with E-state index in [-0.39, 0.29) is 12.4 Å². The summed E-state index contributed by atoms with van der Waals surface area (Å²) in [4.78, 5) is 4.42. The van der Waals surface area contributed by atoms with Crippen LogP contribution in [-0.4, -0.2) is 24.7 Å². The van der Waals surface area contributed by atoms with Crippen molar-refractivity contribution < 1.29 is 4.74 Å². The molecule has 0 amide bonds. The summed E-state index contributed by atoms with van der Waals surface area (Å²) in [5, 5.41) is 4.02. The molecule has 0 aliphatic carbocycles. The van der Waals surface area contributed by atoms with Crippen molar-refractivity contribution in [3.8, 4) is 5.19 Å². The van der Waals surface area contributed by atoms with E-state index in [1.807, 2.05) is 18.2 Å². The van der Waals surface area contributed by atoms with Gasteiger partial charge in [-0.3, -0.25) is 0 Å². The topological polar surface area (TPSA) is 34.1 Å². The number of benzene rings is 1. The molecule has 16 heavy (non-hydrogen) atoms. The zero-order chi connectivity index (χ0) is 10.1. The molecule has 1 aliphatic rings. The average Bonchev–Trinajstić information content (AvgIpc) is 2.57. The minimum absolute atomic E-state index is 0. The molecule has 0 spiro atoms. The summed E-state index contributed by atoms with van der Waals surface area (Å²) in [6.45, 7) is 2.93. The maximum Gasteiger partial charge on any atom is 0.274 e. The van der Waals surface area contributed by atoms with Crippen molar-refractivity contribution in [1.82, 2.24) is 10.3 Å². The minimum Gasteiger partial charge on any atom is -0.470 e. The molecular weight excluding hydrogens is 244 g/mol. The fourth-order valence-corrected chi connectivity index (χ4v) is 2.39. The highest BCUT2D eigenvalue weighted by molar-refractivity contribution is 7.20. The van der Waals surface area contributed by atoms with Crippen LogP contribution in [0.5, 0.6) is 5.19 Å². The number of rotatable bonds is 3. The smallest absolute Gasteiger partial charge is 0.274 e. The lowest BCUT2D eigenvalue weighted by atomic mass is 10.1. The first kappa shape index (κ1) is 11.6. The zero-order valence-corrected chi connectivity index (χ0v) is 10.3. The SMILES string of the molecule is Cl.c1ccc2sc(OCC3CNC3)nc2c1. The quantitative estimate of drug-likeness (QED) is 0.915. The van der Waals surface area contributed by atoms with Crippen LogP contribution in [0, 0.1) is 5.92 Å². The molecule has 1 fully saturated rings. The minimum atomic E-state index is 0. The number of nitrogens with one attached hydrogen (secondary N) is 1. The van der Waals surface area contributed by atoms with Gasteiger partial charge in [-0.05, 0) is 12.1 Å². The van der Waals surface area contributed by atoms with Crippen molar-refractivity contribution in [1.29, 1.82) is 0 Å². The van der Waals surface area contributed by atoms with E-state index in [0.29, 0.717) is 5.92 Å². The molecule has 86 valence electrons. The molecule has 1 aliphatic heterocycles. The van der Waals surface area contributed by atoms with Gasteiger partial charge in [0.05, 0.1) is 16.8 Å². The Bertz CT molecular complexity index is 437. The van der Waals surface area contributed by atoms with Crippen LogP contribution < -0.4 is 10.1 Å². The van der Waals surface area contributed by atoms with Gasteiger partial charge in [-0.25, -0.2) is 4.98 Å². The van der Waals surface area contributed by atoms with Crippen LogP contribution in [0.1, 0.15) is 0 Å². The maximum absolute atomic E-state index is 5.66. The first-order valence-corrected chi connectivity index (χ1v) is 5.92. The third-order valence-electron chi connectivity index (χ3n) is 2.58. The second kappa shape index (κ2) is 4.99. The van der Waals surface area contributed by atoms with Gasteiger partial charge in [-0.15, -0.1) is 12.4 Å². The van der Waals surface area contributed by atoms with Crippen LogP contribution in [0.4, 0.5) is 0 Å². The molecule has 5 heteroatoms. The number of para-hydroxylation sites is 1. The first-order valence-electron chi connectivity index (χ1n) is 5.11. The summed E-state index contributed by atoms with van der Waals surface area (Å²) in [6, 6.07) is 8.12. The summed E-state index contributed by atoms with van der Waals surface area (Å²) in [5.74, 6) is 0.664. The molecular formula is C11H13ClN2OS. The summed E-state index contributed by atoms with van der Waals surface area (Å²) < 4.78 is 6.86. The average molecular weight is 257 g/mol. The molecule has 3 nitrogen and oxygen atoms in total. The van der Waals surface area contributed by atoms with E-state index in [4.69, 9.17) is 4.74 Å². The fraction of sp³-hybridized carbons (Fsp3) is 0.364. The normalized spacial score (nSPS) is 15.5. The van der Waals surface area contributed by atoms with Gasteiger partial charge in [0, 0.05) is 19.0 Å². The third-order valence-corrected chi connectivity index (χ3v) is 3.53. The van der Waals surface area contributed by atoms with E-state index < -0.39 is 0 Å². The zero-order valence-electron chi connectivity index (χ0n) is 8.68. The Labute approximate surface area is 104 Å². The molecule has 1 aromatic carbocycles. The highest BCUT2D eigenvalue weighted by Gasteiger charge is 2.17. The lowest BCUT2D eigenvalue weighted by Crippen LogP contribution is -2.45. The fourth-order valence-electron chi connectivity index (χ4n) is 1.57. The van der Waals surface area contributed by atoms with Crippen molar-refractivity contribution in [3.63, 3.8) is 0 Å². The number of nitrogens with zero attached hydrogens (tertiary/aromatic N) is 1. The van der Waals surface area contributed by atoms with Crippen molar-refractivity contribution in [2.45, 2.75) is 0 Å². The van der Waals surface area contributed by atoms with Gasteiger partial charge in [0.2, 0.25) is 0 Å². The summed E-state index contributed by atoms with van der Waals surface area (Å²) in [6.07, 6.45) is 0. The molecule has 0 atom stereocenters. The van der Waals surface area contributed by atoms with Gasteiger partial charge in [0.15, 0.2) is 0 Å². The van der Waals surface area contributed by atoms with Gasteiger partial charge in [0.1, 0.15) is 0 Å². The number of hydrogen-bond donors (Lipinski definition) is 1. The molecule has 1 N–H and O–H groups in total. The first-order chi connectivity index (χ1) is 7.42. The number of ether oxygens (including phenoxy) is 1. The van der Waals surface area contributed by atoms with Gasteiger partial charge >= 0.3 is 0 Å². The predicted molar refractivity (Wildman–Crippen MR) is 68.7 cm³/mol. The predicted octanol–water partition coefficient (Wildman–Crippen LogP) is 2.32. The lowest BCUT2D eigenvalue weighted by Gasteiger charge is -2.26. The van der Waals surface area contributed by atoms with Crippen molar-refractivity contribution in [2.24, 2.45) is 5.92 Å². The van der Waals surface area contributed by atoms with Gasteiger partial charge < -0.3 is 10.1 Å². The highest BCUT2D eigenvalue weighted by Crippen LogP contribution is 2.27. The monoisotopic (exact) mass is 256 g/mol. The van der Waals surface area contributed by atoms with Crippen molar-refractivity contribution in [2.75, 3.05) is 19.7 Å². The van der Waals surface area contributed by atoms with Gasteiger partial charge in [-0.1, -0.05) is 23.5 Å². The Morgan fingerprint density at radius 3 is 2.88 bits per heavy atom. The Morgan fingerprint density at radius 2 is 2.19 bits per heavy atom. The molecule has 2 heterocycles. The highest BCUT2D eigenvalue weighted by atomic mass is 35.5. The van der Waals surface area contributed by atoms with E-state index >= 15 is 0 Å². The van der Waals surface area contributed by atoms with Crippen LogP contribution >= 0.6 is 23.7 Å². The lowest BCUT2D eigenvalue weighted by molar-refractivity contribution is 0.199. The van der Waals surface area contributed by atoms with E-state index in [0.717, 1.165) is 30.4 Å². The Balaban J connectivity index is 0.000000963. The summed E-state index contributed by atoms with van der Waals surface area (Å²) in [5.41, 5.74) is 1.03. The van der Waals surface area contributed by atoms with E-state index in [1.54, 1.807) is 11.3 Å². The molecule has 0 bridgehead atoms. The number of halogens is 1. The Morgan fingerprint density at radius 1 is 1.38 bits per heavy atom. The maximum atomic E-state index is 5.66. The van der Waals surface area contributed by atoms with Crippen molar-refractivity contribution in [3.05, 3.63) is 24.3 Å². The largest absolute Gasteiger partial charge is 0.470 e. The number of thiazole rings is 1. The molecule has 3 rings (SSSR count). The summed E-state index contributed by atoms with van der Waals surface area (Å²) in [7, 11) is 0. The van der Waals surface area contributed by atoms with E-state index in [9.17, 15) is 0 Å². The van der Waals surface area contributed by atoms with Crippen LogP contribution in [0.25, 0.3) is 10.2 Å². The molecule has 2 aromatic rings.